The van der Waals surface area contributed by atoms with Gasteiger partial charge in [0.2, 0.25) is 5.91 Å². The van der Waals surface area contributed by atoms with E-state index in [1.54, 1.807) is 0 Å². The molecule has 0 aliphatic heterocycles. The first-order valence-corrected chi connectivity index (χ1v) is 7.07. The molecule has 0 aliphatic carbocycles. The number of ether oxygens (including phenoxy) is 1. The number of nitrogens with one attached hydrogen (secondary N) is 1. The number of rotatable bonds is 5. The van der Waals surface area contributed by atoms with Crippen molar-refractivity contribution >= 4 is 40.5 Å². The van der Waals surface area contributed by atoms with E-state index in [0.717, 1.165) is 12.5 Å². The van der Waals surface area contributed by atoms with Crippen molar-refractivity contribution in [2.24, 2.45) is 0 Å². The van der Waals surface area contributed by atoms with Gasteiger partial charge in [-0.15, -0.1) is 0 Å². The molecule has 1 aromatic rings. The lowest BCUT2D eigenvalue weighted by Crippen LogP contribution is -2.15. The van der Waals surface area contributed by atoms with E-state index < -0.39 is 5.82 Å². The van der Waals surface area contributed by atoms with Crippen LogP contribution in [0.5, 0.6) is 0 Å². The van der Waals surface area contributed by atoms with Crippen LogP contribution in [-0.4, -0.2) is 17.1 Å². The lowest BCUT2D eigenvalue weighted by Gasteiger charge is -2.15. The number of anilines is 1. The Bertz CT molecular complexity index is 522. The summed E-state index contributed by atoms with van der Waals surface area (Å²) in [7, 11) is 0. The lowest BCUT2D eigenvalue weighted by atomic mass is 10.1. The molecule has 1 aromatic carbocycles. The summed E-state index contributed by atoms with van der Waals surface area (Å²) in [5.74, 6) is -0.932. The van der Waals surface area contributed by atoms with Gasteiger partial charge in [-0.1, -0.05) is 18.5 Å². The average molecular weight is 318 g/mol. The molecule has 1 unspecified atom stereocenters. The van der Waals surface area contributed by atoms with Crippen LogP contribution < -0.4 is 5.32 Å². The minimum atomic E-state index is -0.581. The second-order valence-electron chi connectivity index (χ2n) is 4.49. The molecule has 0 aromatic heterocycles. The first-order chi connectivity index (χ1) is 9.33. The Morgan fingerprint density at radius 2 is 2.20 bits per heavy atom. The van der Waals surface area contributed by atoms with Gasteiger partial charge in [-0.25, -0.2) is 4.39 Å². The number of hydrogen-bond acceptors (Lipinski definition) is 3. The van der Waals surface area contributed by atoms with Crippen molar-refractivity contribution < 1.29 is 13.9 Å². The highest BCUT2D eigenvalue weighted by Crippen LogP contribution is 2.25. The van der Waals surface area contributed by atoms with Crippen LogP contribution in [0.2, 0.25) is 5.02 Å². The molecule has 0 bridgehead atoms. The second kappa shape index (κ2) is 7.55. The first-order valence-electron chi connectivity index (χ1n) is 6.28. The fourth-order valence-electron chi connectivity index (χ4n) is 1.52. The number of carbonyl (C=O) groups is 1. The van der Waals surface area contributed by atoms with Gasteiger partial charge < -0.3 is 10.1 Å². The van der Waals surface area contributed by atoms with Gasteiger partial charge in [-0.05, 0) is 43.3 Å². The highest BCUT2D eigenvalue weighted by molar-refractivity contribution is 7.80. The van der Waals surface area contributed by atoms with Crippen molar-refractivity contribution in [3.05, 3.63) is 28.5 Å². The molecule has 0 radical (unpaired) electrons. The SMILES string of the molecule is CCC(C)OC(=S)Cc1cc(NC(C)=O)c(F)cc1Cl. The highest BCUT2D eigenvalue weighted by Gasteiger charge is 2.13. The minimum Gasteiger partial charge on any atom is -0.484 e. The summed E-state index contributed by atoms with van der Waals surface area (Å²) in [6.07, 6.45) is 1.16. The minimum absolute atomic E-state index is 0.0246. The maximum atomic E-state index is 13.6. The number of benzene rings is 1. The lowest BCUT2D eigenvalue weighted by molar-refractivity contribution is -0.114. The fraction of sp³-hybridized carbons (Fsp3) is 0.429. The van der Waals surface area contributed by atoms with Crippen LogP contribution in [0, 0.1) is 5.82 Å². The number of halogens is 2. The van der Waals surface area contributed by atoms with Gasteiger partial charge in [0.15, 0.2) is 5.05 Å². The van der Waals surface area contributed by atoms with Crippen LogP contribution in [0.15, 0.2) is 12.1 Å². The summed E-state index contributed by atoms with van der Waals surface area (Å²) in [6, 6.07) is 2.64. The Labute approximate surface area is 128 Å². The van der Waals surface area contributed by atoms with Crippen molar-refractivity contribution in [3.8, 4) is 0 Å². The van der Waals surface area contributed by atoms with Crippen molar-refractivity contribution in [1.82, 2.24) is 0 Å². The van der Waals surface area contributed by atoms with E-state index in [0.29, 0.717) is 17.0 Å². The predicted molar refractivity (Wildman–Crippen MR) is 82.9 cm³/mol. The largest absolute Gasteiger partial charge is 0.484 e. The highest BCUT2D eigenvalue weighted by atomic mass is 35.5. The van der Waals surface area contributed by atoms with Crippen molar-refractivity contribution in [1.29, 1.82) is 0 Å². The Morgan fingerprint density at radius 3 is 2.75 bits per heavy atom. The third-order valence-electron chi connectivity index (χ3n) is 2.69. The normalized spacial score (nSPS) is 11.8. The Balaban J connectivity index is 2.89. The van der Waals surface area contributed by atoms with Gasteiger partial charge in [0, 0.05) is 18.4 Å². The summed E-state index contributed by atoms with van der Waals surface area (Å²) >= 11 is 11.1. The second-order valence-corrected chi connectivity index (χ2v) is 5.35. The molecule has 20 heavy (non-hydrogen) atoms. The van der Waals surface area contributed by atoms with Crippen LogP contribution in [0.1, 0.15) is 32.8 Å². The standard InChI is InChI=1S/C14H17ClFNO2S/c1-4-8(2)19-14(20)6-10-5-13(17-9(3)18)12(16)7-11(10)15/h5,7-8H,4,6H2,1-3H3,(H,17,18). The summed E-state index contributed by atoms with van der Waals surface area (Å²) in [5, 5.41) is 3.06. The quantitative estimate of drug-likeness (QED) is 0.830. The number of carbonyl (C=O) groups excluding carboxylic acids is 1. The molecule has 0 fully saturated rings. The number of thiocarbonyl (C=S) groups is 1. The molecule has 6 heteroatoms. The predicted octanol–water partition coefficient (Wildman–Crippen LogP) is 4.12. The summed E-state index contributed by atoms with van der Waals surface area (Å²) in [5.41, 5.74) is 0.702. The Kier molecular flexibility index (Phi) is 6.36. The van der Waals surface area contributed by atoms with Gasteiger partial charge >= 0.3 is 0 Å². The molecule has 1 N–H and O–H groups in total. The van der Waals surface area contributed by atoms with Gasteiger partial charge in [0.25, 0.3) is 0 Å². The van der Waals surface area contributed by atoms with Gasteiger partial charge in [-0.2, -0.15) is 0 Å². The molecular formula is C14H17ClFNO2S. The Hall–Kier alpha value is -1.20. The van der Waals surface area contributed by atoms with Crippen LogP contribution >= 0.6 is 23.8 Å². The molecule has 0 aliphatic rings. The average Bonchev–Trinajstić information content (AvgIpc) is 2.34. The van der Waals surface area contributed by atoms with Gasteiger partial charge in [0.1, 0.15) is 5.82 Å². The monoisotopic (exact) mass is 317 g/mol. The van der Waals surface area contributed by atoms with Gasteiger partial charge in [-0.3, -0.25) is 4.79 Å². The van der Waals surface area contributed by atoms with E-state index in [1.807, 2.05) is 13.8 Å². The van der Waals surface area contributed by atoms with E-state index >= 15 is 0 Å². The zero-order valence-corrected chi connectivity index (χ0v) is 13.2. The summed E-state index contributed by atoms with van der Waals surface area (Å²) < 4.78 is 19.1. The van der Waals surface area contributed by atoms with E-state index in [1.165, 1.54) is 13.0 Å². The summed E-state index contributed by atoms with van der Waals surface area (Å²) in [4.78, 5) is 11.0. The zero-order chi connectivity index (χ0) is 15.3. The van der Waals surface area contributed by atoms with E-state index in [2.05, 4.69) is 5.32 Å². The summed E-state index contributed by atoms with van der Waals surface area (Å²) in [6.45, 7) is 5.22. The smallest absolute Gasteiger partial charge is 0.221 e. The Morgan fingerprint density at radius 1 is 1.55 bits per heavy atom. The molecule has 1 atom stereocenters. The maximum absolute atomic E-state index is 13.6. The molecule has 1 amide bonds. The van der Waals surface area contributed by atoms with E-state index in [-0.39, 0.29) is 22.7 Å². The van der Waals surface area contributed by atoms with E-state index in [9.17, 15) is 9.18 Å². The molecular weight excluding hydrogens is 301 g/mol. The zero-order valence-electron chi connectivity index (χ0n) is 11.6. The molecule has 3 nitrogen and oxygen atoms in total. The molecule has 0 saturated heterocycles. The van der Waals surface area contributed by atoms with Gasteiger partial charge in [0.05, 0.1) is 11.8 Å². The number of hydrogen-bond donors (Lipinski definition) is 1. The molecule has 1 rings (SSSR count). The van der Waals surface area contributed by atoms with E-state index in [4.69, 9.17) is 28.6 Å². The third kappa shape index (κ3) is 5.06. The van der Waals surface area contributed by atoms with Crippen LogP contribution in [-0.2, 0) is 16.0 Å². The number of amides is 1. The molecule has 0 saturated carbocycles. The fourth-order valence-corrected chi connectivity index (χ4v) is 2.06. The molecule has 0 spiro atoms. The van der Waals surface area contributed by atoms with Crippen molar-refractivity contribution in [2.45, 2.75) is 39.7 Å². The van der Waals surface area contributed by atoms with Crippen LogP contribution in [0.4, 0.5) is 10.1 Å². The molecule has 110 valence electrons. The van der Waals surface area contributed by atoms with Crippen molar-refractivity contribution in [3.63, 3.8) is 0 Å². The topological polar surface area (TPSA) is 38.3 Å². The van der Waals surface area contributed by atoms with Crippen LogP contribution in [0.25, 0.3) is 0 Å². The van der Waals surface area contributed by atoms with Crippen molar-refractivity contribution in [2.75, 3.05) is 5.32 Å². The maximum Gasteiger partial charge on any atom is 0.221 e. The molecule has 0 heterocycles. The third-order valence-corrected chi connectivity index (χ3v) is 3.28. The first kappa shape index (κ1) is 16.9. The van der Waals surface area contributed by atoms with Crippen LogP contribution in [0.3, 0.4) is 0 Å².